The van der Waals surface area contributed by atoms with Crippen molar-refractivity contribution in [3.8, 4) is 11.3 Å². The highest BCUT2D eigenvalue weighted by atomic mass is 35.5. The number of fused-ring (bicyclic) bond motifs is 1. The molecule has 3 N–H and O–H groups in total. The van der Waals surface area contributed by atoms with Gasteiger partial charge in [0.15, 0.2) is 5.82 Å². The quantitative estimate of drug-likeness (QED) is 0.437. The van der Waals surface area contributed by atoms with E-state index >= 15 is 0 Å². The van der Waals surface area contributed by atoms with E-state index in [0.717, 1.165) is 29.3 Å². The minimum absolute atomic E-state index is 0.00390. The zero-order valence-electron chi connectivity index (χ0n) is 16.5. The second-order valence-electron chi connectivity index (χ2n) is 7.44. The normalized spacial score (nSPS) is 14.8. The first-order valence-electron chi connectivity index (χ1n) is 10.0. The molecule has 0 spiro atoms. The Bertz CT molecular complexity index is 1200. The zero-order chi connectivity index (χ0) is 21.2. The number of H-pyrrole nitrogens is 2. The predicted molar refractivity (Wildman–Crippen MR) is 115 cm³/mol. The summed E-state index contributed by atoms with van der Waals surface area (Å²) in [7, 11) is 0. The molecule has 5 rings (SSSR count). The number of nitrogens with one attached hydrogen (secondary N) is 3. The zero-order valence-corrected chi connectivity index (χ0v) is 17.3. The summed E-state index contributed by atoms with van der Waals surface area (Å²) < 4.78 is 0. The molecule has 1 aliphatic heterocycles. The van der Waals surface area contributed by atoms with Crippen LogP contribution in [-0.4, -0.2) is 65.5 Å². The molecule has 11 heteroatoms. The third-order valence-corrected chi connectivity index (χ3v) is 5.74. The van der Waals surface area contributed by atoms with Crippen molar-refractivity contribution in [1.82, 2.24) is 40.5 Å². The minimum Gasteiger partial charge on any atom is -0.360 e. The topological polar surface area (TPSA) is 128 Å². The van der Waals surface area contributed by atoms with Crippen LogP contribution in [0.25, 0.3) is 22.2 Å². The van der Waals surface area contributed by atoms with Crippen LogP contribution in [0.2, 0.25) is 5.02 Å². The number of tetrazole rings is 1. The fourth-order valence-electron chi connectivity index (χ4n) is 3.85. The second kappa shape index (κ2) is 8.31. The summed E-state index contributed by atoms with van der Waals surface area (Å²) in [6.45, 7) is 1.30. The van der Waals surface area contributed by atoms with E-state index in [1.54, 1.807) is 6.20 Å². The SMILES string of the molecule is O=C(Cc1nn[nH]n1)N1CCC(Nc2ncc(Cl)c(-c3c[nH]c4ccccc34)n2)CC1. The lowest BCUT2D eigenvalue weighted by Crippen LogP contribution is -2.43. The molecule has 158 valence electrons. The van der Waals surface area contributed by atoms with Crippen LogP contribution in [0.5, 0.6) is 0 Å². The number of piperidine rings is 1. The Hall–Kier alpha value is -3.53. The third kappa shape index (κ3) is 4.06. The number of likely N-dealkylation sites (tertiary alicyclic amines) is 1. The van der Waals surface area contributed by atoms with Crippen molar-refractivity contribution in [2.75, 3.05) is 18.4 Å². The number of hydrogen-bond donors (Lipinski definition) is 3. The number of hydrogen-bond acceptors (Lipinski definition) is 7. The number of anilines is 1. The highest BCUT2D eigenvalue weighted by molar-refractivity contribution is 6.33. The molecule has 1 saturated heterocycles. The van der Waals surface area contributed by atoms with Gasteiger partial charge in [0.1, 0.15) is 0 Å². The molecular weight excluding hydrogens is 418 g/mol. The lowest BCUT2D eigenvalue weighted by atomic mass is 10.0. The standard InChI is InChI=1S/C20H20ClN9O/c21-15-11-23-20(25-19(15)14-10-22-16-4-2-1-3-13(14)16)24-12-5-7-30(8-6-12)18(31)9-17-26-28-29-27-17/h1-4,10-12,22H,5-9H2,(H,23,24,25)(H,26,27,28,29). The van der Waals surface area contributed by atoms with E-state index < -0.39 is 0 Å². The molecule has 1 aliphatic rings. The van der Waals surface area contributed by atoms with Gasteiger partial charge in [-0.25, -0.2) is 9.97 Å². The average molecular weight is 438 g/mol. The van der Waals surface area contributed by atoms with Crippen LogP contribution in [0, 0.1) is 0 Å². The van der Waals surface area contributed by atoms with Crippen LogP contribution in [0.1, 0.15) is 18.7 Å². The number of aromatic amines is 2. The maximum Gasteiger partial charge on any atom is 0.230 e. The lowest BCUT2D eigenvalue weighted by Gasteiger charge is -2.32. The minimum atomic E-state index is 0.00390. The van der Waals surface area contributed by atoms with Gasteiger partial charge in [0.25, 0.3) is 0 Å². The monoisotopic (exact) mass is 437 g/mol. The van der Waals surface area contributed by atoms with Crippen molar-refractivity contribution in [2.24, 2.45) is 0 Å². The molecule has 4 aromatic rings. The van der Waals surface area contributed by atoms with Gasteiger partial charge in [0.2, 0.25) is 11.9 Å². The van der Waals surface area contributed by atoms with Gasteiger partial charge >= 0.3 is 0 Å². The van der Waals surface area contributed by atoms with Gasteiger partial charge in [-0.2, -0.15) is 5.21 Å². The number of halogens is 1. The first-order chi connectivity index (χ1) is 15.2. The highest BCUT2D eigenvalue weighted by Crippen LogP contribution is 2.32. The second-order valence-corrected chi connectivity index (χ2v) is 7.85. The maximum atomic E-state index is 12.4. The average Bonchev–Trinajstić information content (AvgIpc) is 3.45. The molecule has 1 aromatic carbocycles. The number of rotatable bonds is 5. The Morgan fingerprint density at radius 1 is 1.26 bits per heavy atom. The molecule has 0 radical (unpaired) electrons. The molecule has 0 atom stereocenters. The van der Waals surface area contributed by atoms with Crippen LogP contribution in [0.3, 0.4) is 0 Å². The molecule has 0 unspecified atom stereocenters. The molecule has 0 bridgehead atoms. The van der Waals surface area contributed by atoms with Crippen LogP contribution in [0.4, 0.5) is 5.95 Å². The number of carbonyl (C=O) groups is 1. The van der Waals surface area contributed by atoms with Crippen molar-refractivity contribution in [1.29, 1.82) is 0 Å². The summed E-state index contributed by atoms with van der Waals surface area (Å²) in [6.07, 6.45) is 5.29. The molecule has 3 aromatic heterocycles. The molecule has 0 saturated carbocycles. The van der Waals surface area contributed by atoms with E-state index in [-0.39, 0.29) is 18.4 Å². The van der Waals surface area contributed by atoms with Crippen molar-refractivity contribution in [2.45, 2.75) is 25.3 Å². The number of carbonyl (C=O) groups excluding carboxylic acids is 1. The van der Waals surface area contributed by atoms with Crippen molar-refractivity contribution in [3.05, 3.63) is 47.5 Å². The Morgan fingerprint density at radius 3 is 2.90 bits per heavy atom. The van der Waals surface area contributed by atoms with E-state index in [2.05, 4.69) is 40.9 Å². The molecule has 31 heavy (non-hydrogen) atoms. The maximum absolute atomic E-state index is 12.4. The molecular formula is C20H20ClN9O. The summed E-state index contributed by atoms with van der Waals surface area (Å²) >= 11 is 6.42. The Morgan fingerprint density at radius 2 is 2.10 bits per heavy atom. The van der Waals surface area contributed by atoms with Gasteiger partial charge in [-0.15, -0.1) is 10.2 Å². The van der Waals surface area contributed by atoms with Crippen molar-refractivity contribution >= 4 is 34.4 Å². The Labute approximate surface area is 182 Å². The van der Waals surface area contributed by atoms with E-state index in [0.29, 0.717) is 35.6 Å². The molecule has 10 nitrogen and oxygen atoms in total. The predicted octanol–water partition coefficient (Wildman–Crippen LogP) is 2.44. The van der Waals surface area contributed by atoms with Gasteiger partial charge in [0.05, 0.1) is 23.3 Å². The summed E-state index contributed by atoms with van der Waals surface area (Å²) in [5.74, 6) is 0.940. The number of aromatic nitrogens is 7. The summed E-state index contributed by atoms with van der Waals surface area (Å²) in [5, 5.41) is 18.5. The van der Waals surface area contributed by atoms with Crippen LogP contribution in [0.15, 0.2) is 36.7 Å². The van der Waals surface area contributed by atoms with Gasteiger partial charge in [-0.05, 0) is 18.9 Å². The smallest absolute Gasteiger partial charge is 0.230 e. The van der Waals surface area contributed by atoms with Crippen LogP contribution in [-0.2, 0) is 11.2 Å². The third-order valence-electron chi connectivity index (χ3n) is 5.47. The molecule has 1 amide bonds. The fraction of sp³-hybridized carbons (Fsp3) is 0.300. The van der Waals surface area contributed by atoms with E-state index in [9.17, 15) is 4.79 Å². The molecule has 4 heterocycles. The van der Waals surface area contributed by atoms with E-state index in [1.807, 2.05) is 35.4 Å². The highest BCUT2D eigenvalue weighted by Gasteiger charge is 2.24. The van der Waals surface area contributed by atoms with Crippen molar-refractivity contribution < 1.29 is 4.79 Å². The Balaban J connectivity index is 1.25. The summed E-state index contributed by atoms with van der Waals surface area (Å²) in [5.41, 5.74) is 2.65. The summed E-state index contributed by atoms with van der Waals surface area (Å²) in [6, 6.07) is 8.19. The summed E-state index contributed by atoms with van der Waals surface area (Å²) in [4.78, 5) is 26.5. The fourth-order valence-corrected chi connectivity index (χ4v) is 4.05. The number of nitrogens with zero attached hydrogens (tertiary/aromatic N) is 6. The molecule has 0 aliphatic carbocycles. The van der Waals surface area contributed by atoms with E-state index in [4.69, 9.17) is 11.6 Å². The van der Waals surface area contributed by atoms with Gasteiger partial charge in [-0.3, -0.25) is 4.79 Å². The first-order valence-corrected chi connectivity index (χ1v) is 10.4. The number of amides is 1. The van der Waals surface area contributed by atoms with Crippen LogP contribution < -0.4 is 5.32 Å². The Kier molecular flexibility index (Phi) is 5.21. The van der Waals surface area contributed by atoms with Gasteiger partial charge in [-0.1, -0.05) is 35.0 Å². The largest absolute Gasteiger partial charge is 0.360 e. The van der Waals surface area contributed by atoms with Crippen molar-refractivity contribution in [3.63, 3.8) is 0 Å². The van der Waals surface area contributed by atoms with E-state index in [1.165, 1.54) is 0 Å². The van der Waals surface area contributed by atoms with Gasteiger partial charge < -0.3 is 15.2 Å². The van der Waals surface area contributed by atoms with Gasteiger partial charge in [0, 0.05) is 41.8 Å². The lowest BCUT2D eigenvalue weighted by molar-refractivity contribution is -0.131. The first kappa shape index (κ1) is 19.4. The van der Waals surface area contributed by atoms with Crippen LogP contribution >= 0.6 is 11.6 Å². The number of para-hydroxylation sites is 1. The number of benzene rings is 1. The molecule has 1 fully saturated rings.